The second-order valence-corrected chi connectivity index (χ2v) is 7.74. The SMILES string of the molecule is CC1C(NC(=O)c2ccc(-c3cc(Cl)ccc3Cl)o2)C2CCN1CC2. The normalized spacial score (nSPS) is 28.1. The number of hydrogen-bond donors (Lipinski definition) is 1. The lowest BCUT2D eigenvalue weighted by molar-refractivity contribution is 0.0211. The minimum absolute atomic E-state index is 0.171. The predicted molar refractivity (Wildman–Crippen MR) is 99.2 cm³/mol. The largest absolute Gasteiger partial charge is 0.451 e. The summed E-state index contributed by atoms with van der Waals surface area (Å²) in [5.74, 6) is 1.23. The minimum atomic E-state index is -0.171. The monoisotopic (exact) mass is 378 g/mol. The third-order valence-electron chi connectivity index (χ3n) is 5.50. The van der Waals surface area contributed by atoms with E-state index in [1.54, 1.807) is 30.3 Å². The number of hydrogen-bond acceptors (Lipinski definition) is 3. The van der Waals surface area contributed by atoms with Gasteiger partial charge in [-0.3, -0.25) is 9.69 Å². The van der Waals surface area contributed by atoms with Gasteiger partial charge in [0, 0.05) is 22.7 Å². The van der Waals surface area contributed by atoms with Crippen molar-refractivity contribution in [3.63, 3.8) is 0 Å². The van der Waals surface area contributed by atoms with Crippen LogP contribution in [0, 0.1) is 5.92 Å². The van der Waals surface area contributed by atoms with Crippen LogP contribution in [0.1, 0.15) is 30.3 Å². The molecule has 2 aromatic rings. The lowest BCUT2D eigenvalue weighted by Crippen LogP contribution is -2.62. The molecule has 3 aliphatic heterocycles. The number of nitrogens with one attached hydrogen (secondary N) is 1. The van der Waals surface area contributed by atoms with Crippen LogP contribution in [0.5, 0.6) is 0 Å². The molecule has 3 saturated heterocycles. The van der Waals surface area contributed by atoms with Crippen molar-refractivity contribution < 1.29 is 9.21 Å². The number of furan rings is 1. The smallest absolute Gasteiger partial charge is 0.287 e. The number of amides is 1. The molecule has 2 atom stereocenters. The number of rotatable bonds is 3. The highest BCUT2D eigenvalue weighted by atomic mass is 35.5. The number of carbonyl (C=O) groups is 1. The van der Waals surface area contributed by atoms with Crippen LogP contribution >= 0.6 is 23.2 Å². The Bertz CT molecular complexity index is 794. The lowest BCUT2D eigenvalue weighted by Gasteiger charge is -2.49. The number of nitrogens with zero attached hydrogens (tertiary/aromatic N) is 1. The first kappa shape index (κ1) is 17.0. The van der Waals surface area contributed by atoms with E-state index in [1.807, 2.05) is 0 Å². The van der Waals surface area contributed by atoms with Crippen LogP contribution in [0.25, 0.3) is 11.3 Å². The molecule has 2 unspecified atom stereocenters. The summed E-state index contributed by atoms with van der Waals surface area (Å²) in [5.41, 5.74) is 0.685. The number of benzene rings is 1. The molecule has 1 aromatic carbocycles. The average molecular weight is 379 g/mol. The van der Waals surface area contributed by atoms with Crippen molar-refractivity contribution in [1.82, 2.24) is 10.2 Å². The second-order valence-electron chi connectivity index (χ2n) is 6.90. The fourth-order valence-corrected chi connectivity index (χ4v) is 4.44. The van der Waals surface area contributed by atoms with Gasteiger partial charge in [0.25, 0.3) is 5.91 Å². The van der Waals surface area contributed by atoms with E-state index in [0.717, 1.165) is 25.9 Å². The molecule has 0 spiro atoms. The van der Waals surface area contributed by atoms with Crippen LogP contribution in [-0.2, 0) is 0 Å². The van der Waals surface area contributed by atoms with Crippen molar-refractivity contribution >= 4 is 29.1 Å². The highest BCUT2D eigenvalue weighted by Gasteiger charge is 2.40. The molecule has 2 bridgehead atoms. The first-order valence-electron chi connectivity index (χ1n) is 8.63. The maximum atomic E-state index is 12.6. The van der Waals surface area contributed by atoms with Crippen LogP contribution in [-0.4, -0.2) is 36.0 Å². The Morgan fingerprint density at radius 2 is 1.96 bits per heavy atom. The molecule has 3 aliphatic rings. The van der Waals surface area contributed by atoms with Gasteiger partial charge < -0.3 is 9.73 Å². The van der Waals surface area contributed by atoms with Crippen molar-refractivity contribution in [3.8, 4) is 11.3 Å². The molecule has 4 heterocycles. The Kier molecular flexibility index (Phi) is 4.52. The molecule has 0 radical (unpaired) electrons. The molecule has 3 fully saturated rings. The van der Waals surface area contributed by atoms with Crippen LogP contribution in [0.2, 0.25) is 10.0 Å². The molecule has 132 valence electrons. The molecular formula is C19H20Cl2N2O2. The summed E-state index contributed by atoms with van der Waals surface area (Å²) < 4.78 is 5.76. The van der Waals surface area contributed by atoms with Crippen molar-refractivity contribution in [1.29, 1.82) is 0 Å². The molecule has 4 nitrogen and oxygen atoms in total. The van der Waals surface area contributed by atoms with Gasteiger partial charge >= 0.3 is 0 Å². The van der Waals surface area contributed by atoms with Gasteiger partial charge in [-0.15, -0.1) is 0 Å². The Morgan fingerprint density at radius 3 is 2.68 bits per heavy atom. The predicted octanol–water partition coefficient (Wildman–Crippen LogP) is 4.47. The topological polar surface area (TPSA) is 45.5 Å². The molecule has 6 heteroatoms. The molecular weight excluding hydrogens is 359 g/mol. The van der Waals surface area contributed by atoms with Crippen molar-refractivity contribution in [2.24, 2.45) is 5.92 Å². The van der Waals surface area contributed by atoms with Crippen LogP contribution in [0.15, 0.2) is 34.7 Å². The summed E-state index contributed by atoms with van der Waals surface area (Å²) in [7, 11) is 0. The van der Waals surface area contributed by atoms with E-state index >= 15 is 0 Å². The lowest BCUT2D eigenvalue weighted by atomic mass is 9.79. The fourth-order valence-electron chi connectivity index (χ4n) is 4.06. The van der Waals surface area contributed by atoms with E-state index in [2.05, 4.69) is 17.1 Å². The third-order valence-corrected chi connectivity index (χ3v) is 6.06. The van der Waals surface area contributed by atoms with E-state index < -0.39 is 0 Å². The highest BCUT2D eigenvalue weighted by molar-refractivity contribution is 6.35. The number of piperidine rings is 3. The Hall–Kier alpha value is -1.49. The Labute approximate surface area is 157 Å². The van der Waals surface area contributed by atoms with E-state index in [1.165, 1.54) is 0 Å². The zero-order valence-corrected chi connectivity index (χ0v) is 15.5. The van der Waals surface area contributed by atoms with Gasteiger partial charge in [-0.2, -0.15) is 0 Å². The van der Waals surface area contributed by atoms with Crippen LogP contribution in [0.4, 0.5) is 0 Å². The van der Waals surface area contributed by atoms with Crippen molar-refractivity contribution in [2.75, 3.05) is 13.1 Å². The zero-order valence-electron chi connectivity index (χ0n) is 14.0. The summed E-state index contributed by atoms with van der Waals surface area (Å²) in [5, 5.41) is 4.28. The zero-order chi connectivity index (χ0) is 17.6. The maximum absolute atomic E-state index is 12.6. The fraction of sp³-hybridized carbons (Fsp3) is 0.421. The van der Waals surface area contributed by atoms with Gasteiger partial charge in [-0.1, -0.05) is 23.2 Å². The van der Waals surface area contributed by atoms with Gasteiger partial charge in [0.1, 0.15) is 5.76 Å². The summed E-state index contributed by atoms with van der Waals surface area (Å²) >= 11 is 12.2. The minimum Gasteiger partial charge on any atom is -0.451 e. The molecule has 5 rings (SSSR count). The van der Waals surface area contributed by atoms with E-state index in [4.69, 9.17) is 27.6 Å². The van der Waals surface area contributed by atoms with Gasteiger partial charge in [0.05, 0.1) is 5.02 Å². The van der Waals surface area contributed by atoms with Gasteiger partial charge in [0.15, 0.2) is 5.76 Å². The highest BCUT2D eigenvalue weighted by Crippen LogP contribution is 2.34. The van der Waals surface area contributed by atoms with E-state index in [0.29, 0.717) is 39.1 Å². The standard InChI is InChI=1S/C19H20Cl2N2O2/c1-11-18(12-6-8-23(11)9-7-12)22-19(24)17-5-4-16(25-17)14-10-13(20)2-3-15(14)21/h2-5,10-12,18H,6-9H2,1H3,(H,22,24). The molecule has 0 aliphatic carbocycles. The number of carbonyl (C=O) groups excluding carboxylic acids is 1. The molecule has 25 heavy (non-hydrogen) atoms. The van der Waals surface area contributed by atoms with E-state index in [9.17, 15) is 4.79 Å². The third kappa shape index (κ3) is 3.19. The number of fused-ring (bicyclic) bond motifs is 3. The second kappa shape index (κ2) is 6.67. The Morgan fingerprint density at radius 1 is 1.20 bits per heavy atom. The van der Waals surface area contributed by atoms with Crippen molar-refractivity contribution in [3.05, 3.63) is 46.1 Å². The summed E-state index contributed by atoms with van der Waals surface area (Å²) in [6.07, 6.45) is 2.30. The van der Waals surface area contributed by atoms with Gasteiger partial charge in [0.2, 0.25) is 0 Å². The number of halogens is 2. The summed E-state index contributed by atoms with van der Waals surface area (Å²) in [4.78, 5) is 15.1. The quantitative estimate of drug-likeness (QED) is 0.856. The van der Waals surface area contributed by atoms with Gasteiger partial charge in [-0.05, 0) is 69.1 Å². The maximum Gasteiger partial charge on any atom is 0.287 e. The first-order chi connectivity index (χ1) is 12.0. The molecule has 0 saturated carbocycles. The Balaban J connectivity index is 1.52. The molecule has 1 aromatic heterocycles. The summed E-state index contributed by atoms with van der Waals surface area (Å²) in [6, 6.07) is 9.17. The van der Waals surface area contributed by atoms with Crippen LogP contribution < -0.4 is 5.32 Å². The van der Waals surface area contributed by atoms with E-state index in [-0.39, 0.29) is 11.9 Å². The molecule has 1 amide bonds. The summed E-state index contributed by atoms with van der Waals surface area (Å²) in [6.45, 7) is 4.46. The average Bonchev–Trinajstić information content (AvgIpc) is 3.10. The molecule has 1 N–H and O–H groups in total. The van der Waals surface area contributed by atoms with Gasteiger partial charge in [-0.25, -0.2) is 0 Å². The van der Waals surface area contributed by atoms with Crippen LogP contribution in [0.3, 0.4) is 0 Å². The van der Waals surface area contributed by atoms with Crippen molar-refractivity contribution in [2.45, 2.75) is 31.8 Å². The first-order valence-corrected chi connectivity index (χ1v) is 9.38.